The Morgan fingerprint density at radius 3 is 2.50 bits per heavy atom. The van der Waals surface area contributed by atoms with Crippen molar-refractivity contribution in [3.8, 4) is 5.75 Å². The highest BCUT2D eigenvalue weighted by molar-refractivity contribution is 6.46. The van der Waals surface area contributed by atoms with Gasteiger partial charge in [-0.1, -0.05) is 48.9 Å². The summed E-state index contributed by atoms with van der Waals surface area (Å²) in [4.78, 5) is 27.1. The lowest BCUT2D eigenvalue weighted by Gasteiger charge is -2.25. The molecule has 1 aliphatic heterocycles. The number of rotatable bonds is 8. The molecule has 1 heterocycles. The van der Waals surface area contributed by atoms with E-state index in [2.05, 4.69) is 0 Å². The summed E-state index contributed by atoms with van der Waals surface area (Å²) in [6, 6.07) is 13.8. The third-order valence-corrected chi connectivity index (χ3v) is 5.05. The minimum absolute atomic E-state index is 0.0765. The normalized spacial score (nSPS) is 18.1. The highest BCUT2D eigenvalue weighted by atomic mass is 16.5. The Bertz CT molecular complexity index is 948. The number of ether oxygens (including phenoxy) is 2. The molecule has 1 amide bonds. The molecular formula is C24H27NO5. The average molecular weight is 409 g/mol. The van der Waals surface area contributed by atoms with Crippen molar-refractivity contribution in [1.82, 2.24) is 4.90 Å². The first kappa shape index (κ1) is 21.6. The number of amides is 1. The van der Waals surface area contributed by atoms with E-state index >= 15 is 0 Å². The summed E-state index contributed by atoms with van der Waals surface area (Å²) in [5.74, 6) is -0.950. The SMILES string of the molecule is CCCOc1cccc(/C(O)=C2\C(=O)C(=O)N(CCOC)C2c2ccc(C)cc2)c1. The van der Waals surface area contributed by atoms with Gasteiger partial charge in [-0.25, -0.2) is 0 Å². The first-order valence-corrected chi connectivity index (χ1v) is 10.0. The van der Waals surface area contributed by atoms with Crippen LogP contribution in [0.3, 0.4) is 0 Å². The maximum Gasteiger partial charge on any atom is 0.295 e. The van der Waals surface area contributed by atoms with Gasteiger partial charge in [-0.15, -0.1) is 0 Å². The largest absolute Gasteiger partial charge is 0.507 e. The van der Waals surface area contributed by atoms with Crippen LogP contribution in [0.15, 0.2) is 54.1 Å². The molecule has 3 rings (SSSR count). The number of likely N-dealkylation sites (tertiary alicyclic amines) is 1. The van der Waals surface area contributed by atoms with Gasteiger partial charge in [0.15, 0.2) is 0 Å². The van der Waals surface area contributed by atoms with Crippen LogP contribution >= 0.6 is 0 Å². The summed E-state index contributed by atoms with van der Waals surface area (Å²) >= 11 is 0. The molecule has 1 aliphatic rings. The molecule has 1 atom stereocenters. The van der Waals surface area contributed by atoms with Crippen molar-refractivity contribution in [3.05, 3.63) is 70.8 Å². The van der Waals surface area contributed by atoms with Crippen LogP contribution in [0.4, 0.5) is 0 Å². The number of carbonyl (C=O) groups excluding carboxylic acids is 2. The molecule has 0 aliphatic carbocycles. The fourth-order valence-electron chi connectivity index (χ4n) is 3.50. The minimum Gasteiger partial charge on any atom is -0.507 e. The van der Waals surface area contributed by atoms with Crippen LogP contribution in [0.1, 0.15) is 36.1 Å². The predicted molar refractivity (Wildman–Crippen MR) is 114 cm³/mol. The first-order chi connectivity index (χ1) is 14.5. The van der Waals surface area contributed by atoms with E-state index in [9.17, 15) is 14.7 Å². The molecule has 0 saturated carbocycles. The van der Waals surface area contributed by atoms with Gasteiger partial charge in [-0.3, -0.25) is 9.59 Å². The average Bonchev–Trinajstić information content (AvgIpc) is 3.01. The lowest BCUT2D eigenvalue weighted by molar-refractivity contribution is -0.140. The van der Waals surface area contributed by atoms with Gasteiger partial charge in [0.1, 0.15) is 11.5 Å². The van der Waals surface area contributed by atoms with E-state index in [0.29, 0.717) is 17.9 Å². The topological polar surface area (TPSA) is 76.1 Å². The van der Waals surface area contributed by atoms with Crippen LogP contribution in [0.25, 0.3) is 5.76 Å². The molecule has 0 radical (unpaired) electrons. The van der Waals surface area contributed by atoms with Gasteiger partial charge < -0.3 is 19.5 Å². The van der Waals surface area contributed by atoms with E-state index in [1.54, 1.807) is 31.4 Å². The van der Waals surface area contributed by atoms with Crippen molar-refractivity contribution >= 4 is 17.4 Å². The van der Waals surface area contributed by atoms with Gasteiger partial charge in [-0.2, -0.15) is 0 Å². The summed E-state index contributed by atoms with van der Waals surface area (Å²) in [6.45, 7) is 5.06. The number of hydrogen-bond donors (Lipinski definition) is 1. The van der Waals surface area contributed by atoms with Gasteiger partial charge >= 0.3 is 0 Å². The number of carbonyl (C=O) groups is 2. The standard InChI is InChI=1S/C24H27NO5/c1-4-13-30-19-7-5-6-18(15-19)22(26)20-21(17-10-8-16(2)9-11-17)25(12-14-29-3)24(28)23(20)27/h5-11,15,21,26H,4,12-14H2,1-3H3/b22-20+. The van der Waals surface area contributed by atoms with Crippen LogP contribution < -0.4 is 4.74 Å². The zero-order chi connectivity index (χ0) is 21.7. The number of methoxy groups -OCH3 is 1. The van der Waals surface area contributed by atoms with Crippen molar-refractivity contribution < 1.29 is 24.2 Å². The van der Waals surface area contributed by atoms with Gasteiger partial charge in [0, 0.05) is 19.2 Å². The Morgan fingerprint density at radius 2 is 1.83 bits per heavy atom. The number of aliphatic hydroxyl groups excluding tert-OH is 1. The Balaban J connectivity index is 2.10. The first-order valence-electron chi connectivity index (χ1n) is 10.0. The molecule has 6 heteroatoms. The fourth-order valence-corrected chi connectivity index (χ4v) is 3.50. The van der Waals surface area contributed by atoms with E-state index in [-0.39, 0.29) is 24.5 Å². The molecule has 1 fully saturated rings. The number of aryl methyl sites for hydroxylation is 1. The molecule has 1 N–H and O–H groups in total. The van der Waals surface area contributed by atoms with E-state index in [1.165, 1.54) is 4.90 Å². The van der Waals surface area contributed by atoms with E-state index in [4.69, 9.17) is 9.47 Å². The molecule has 30 heavy (non-hydrogen) atoms. The maximum absolute atomic E-state index is 12.9. The number of nitrogens with zero attached hydrogens (tertiary/aromatic N) is 1. The molecule has 158 valence electrons. The van der Waals surface area contributed by atoms with E-state index < -0.39 is 17.7 Å². The summed E-state index contributed by atoms with van der Waals surface area (Å²) in [5.41, 5.74) is 2.34. The minimum atomic E-state index is -0.700. The molecule has 2 aromatic carbocycles. The van der Waals surface area contributed by atoms with Crippen molar-refractivity contribution in [2.75, 3.05) is 26.9 Å². The van der Waals surface area contributed by atoms with Crippen molar-refractivity contribution in [1.29, 1.82) is 0 Å². The van der Waals surface area contributed by atoms with Crippen LogP contribution in [-0.2, 0) is 14.3 Å². The summed E-state index contributed by atoms with van der Waals surface area (Å²) in [5, 5.41) is 11.1. The molecular weight excluding hydrogens is 382 g/mol. The summed E-state index contributed by atoms with van der Waals surface area (Å²) < 4.78 is 10.8. The zero-order valence-electron chi connectivity index (χ0n) is 17.6. The summed E-state index contributed by atoms with van der Waals surface area (Å²) in [6.07, 6.45) is 0.855. The second-order valence-corrected chi connectivity index (χ2v) is 7.27. The highest BCUT2D eigenvalue weighted by Gasteiger charge is 2.45. The van der Waals surface area contributed by atoms with Crippen LogP contribution in [-0.4, -0.2) is 48.6 Å². The molecule has 6 nitrogen and oxygen atoms in total. The van der Waals surface area contributed by atoms with Gasteiger partial charge in [0.25, 0.3) is 11.7 Å². The molecule has 2 aromatic rings. The summed E-state index contributed by atoms with van der Waals surface area (Å²) in [7, 11) is 1.54. The van der Waals surface area contributed by atoms with Crippen molar-refractivity contribution in [2.24, 2.45) is 0 Å². The molecule has 1 unspecified atom stereocenters. The van der Waals surface area contributed by atoms with Gasteiger partial charge in [0.2, 0.25) is 0 Å². The number of benzene rings is 2. The Hall–Kier alpha value is -3.12. The number of Topliss-reactive ketones (excluding diaryl/α,β-unsaturated/α-hetero) is 1. The van der Waals surface area contributed by atoms with Crippen molar-refractivity contribution in [3.63, 3.8) is 0 Å². The predicted octanol–water partition coefficient (Wildman–Crippen LogP) is 3.85. The lowest BCUT2D eigenvalue weighted by atomic mass is 9.94. The fraction of sp³-hybridized carbons (Fsp3) is 0.333. The van der Waals surface area contributed by atoms with Crippen LogP contribution in [0.5, 0.6) is 5.75 Å². The molecule has 0 aromatic heterocycles. The third-order valence-electron chi connectivity index (χ3n) is 5.05. The highest BCUT2D eigenvalue weighted by Crippen LogP contribution is 2.39. The second-order valence-electron chi connectivity index (χ2n) is 7.27. The maximum atomic E-state index is 12.9. The Labute approximate surface area is 176 Å². The zero-order valence-corrected chi connectivity index (χ0v) is 17.6. The quantitative estimate of drug-likeness (QED) is 0.407. The van der Waals surface area contributed by atoms with E-state index in [0.717, 1.165) is 17.5 Å². The Morgan fingerprint density at radius 1 is 1.10 bits per heavy atom. The molecule has 0 spiro atoms. The molecule has 0 bridgehead atoms. The van der Waals surface area contributed by atoms with Crippen molar-refractivity contribution in [2.45, 2.75) is 26.3 Å². The van der Waals surface area contributed by atoms with Gasteiger partial charge in [-0.05, 0) is 31.0 Å². The second kappa shape index (κ2) is 9.59. The van der Waals surface area contributed by atoms with E-state index in [1.807, 2.05) is 38.1 Å². The number of ketones is 1. The lowest BCUT2D eigenvalue weighted by Crippen LogP contribution is -2.32. The number of hydrogen-bond acceptors (Lipinski definition) is 5. The third kappa shape index (κ3) is 4.39. The van der Waals surface area contributed by atoms with Gasteiger partial charge in [0.05, 0.1) is 24.8 Å². The monoisotopic (exact) mass is 409 g/mol. The number of aliphatic hydroxyl groups is 1. The smallest absolute Gasteiger partial charge is 0.295 e. The Kier molecular flexibility index (Phi) is 6.90. The van der Waals surface area contributed by atoms with Crippen LogP contribution in [0, 0.1) is 6.92 Å². The molecule has 1 saturated heterocycles. The van der Waals surface area contributed by atoms with Crippen LogP contribution in [0.2, 0.25) is 0 Å².